The normalized spacial score (nSPS) is 11.1. The van der Waals surface area contributed by atoms with Crippen LogP contribution in [0.25, 0.3) is 0 Å². The summed E-state index contributed by atoms with van der Waals surface area (Å²) in [6, 6.07) is 8.79. The van der Waals surface area contributed by atoms with Crippen LogP contribution in [-0.4, -0.2) is 14.2 Å². The van der Waals surface area contributed by atoms with Crippen molar-refractivity contribution in [1.29, 1.82) is 5.26 Å². The van der Waals surface area contributed by atoms with Crippen molar-refractivity contribution in [2.45, 2.75) is 19.8 Å². The minimum absolute atomic E-state index is 0.334. The second-order valence-corrected chi connectivity index (χ2v) is 5.52. The number of nitriles is 1. The number of nitrogens with zero attached hydrogens (tertiary/aromatic N) is 1. The lowest BCUT2D eigenvalue weighted by Crippen LogP contribution is -2.15. The van der Waals surface area contributed by atoms with E-state index in [0.29, 0.717) is 11.6 Å². The lowest BCUT2D eigenvalue weighted by Gasteiger charge is -2.09. The largest absolute Gasteiger partial charge is 0.283 e. The molecule has 0 radical (unpaired) electrons. The third kappa shape index (κ3) is 3.55. The van der Waals surface area contributed by atoms with Gasteiger partial charge in [0.1, 0.15) is 0 Å². The van der Waals surface area contributed by atoms with E-state index in [4.69, 9.17) is 5.26 Å². The first-order valence-electron chi connectivity index (χ1n) is 4.92. The maximum Gasteiger partial charge on any atom is 0.246 e. The van der Waals surface area contributed by atoms with Gasteiger partial charge in [0.15, 0.2) is 5.75 Å². The molecule has 0 aromatic heterocycles. The van der Waals surface area contributed by atoms with Gasteiger partial charge in [0, 0.05) is 5.69 Å². The average Bonchev–Trinajstić information content (AvgIpc) is 2.17. The van der Waals surface area contributed by atoms with Gasteiger partial charge in [-0.3, -0.25) is 4.72 Å². The SMILES string of the molecule is CC(C)c1cccc(NS(=O)(=O)CC#N)c1. The van der Waals surface area contributed by atoms with Crippen LogP contribution in [0.4, 0.5) is 5.69 Å². The van der Waals surface area contributed by atoms with Crippen LogP contribution in [0.5, 0.6) is 0 Å². The summed E-state index contributed by atoms with van der Waals surface area (Å²) in [5, 5.41) is 8.35. The Labute approximate surface area is 96.0 Å². The zero-order valence-corrected chi connectivity index (χ0v) is 10.1. The summed E-state index contributed by atoms with van der Waals surface area (Å²) in [6.45, 7) is 4.06. The molecular formula is C11H14N2O2S. The van der Waals surface area contributed by atoms with Crippen molar-refractivity contribution in [3.63, 3.8) is 0 Å². The van der Waals surface area contributed by atoms with E-state index in [2.05, 4.69) is 4.72 Å². The number of benzene rings is 1. The van der Waals surface area contributed by atoms with E-state index in [-0.39, 0.29) is 0 Å². The van der Waals surface area contributed by atoms with Crippen molar-refractivity contribution in [1.82, 2.24) is 0 Å². The van der Waals surface area contributed by atoms with E-state index in [1.165, 1.54) is 0 Å². The van der Waals surface area contributed by atoms with Crippen LogP contribution in [0.15, 0.2) is 24.3 Å². The van der Waals surface area contributed by atoms with E-state index in [1.807, 2.05) is 19.9 Å². The van der Waals surface area contributed by atoms with E-state index >= 15 is 0 Å². The number of nitrogens with one attached hydrogen (secondary N) is 1. The molecule has 0 atom stereocenters. The molecule has 0 spiro atoms. The highest BCUT2D eigenvalue weighted by Gasteiger charge is 2.09. The molecule has 0 saturated heterocycles. The molecule has 16 heavy (non-hydrogen) atoms. The molecule has 1 aromatic rings. The maximum absolute atomic E-state index is 11.3. The second kappa shape index (κ2) is 4.99. The Morgan fingerprint density at radius 3 is 2.69 bits per heavy atom. The molecule has 0 bridgehead atoms. The number of hydrogen-bond acceptors (Lipinski definition) is 3. The Morgan fingerprint density at radius 1 is 1.44 bits per heavy atom. The molecular weight excluding hydrogens is 224 g/mol. The van der Waals surface area contributed by atoms with Gasteiger partial charge in [0.25, 0.3) is 0 Å². The first kappa shape index (κ1) is 12.5. The topological polar surface area (TPSA) is 70.0 Å². The lowest BCUT2D eigenvalue weighted by atomic mass is 10.0. The highest BCUT2D eigenvalue weighted by atomic mass is 32.2. The highest BCUT2D eigenvalue weighted by Crippen LogP contribution is 2.19. The third-order valence-corrected chi connectivity index (χ3v) is 3.14. The van der Waals surface area contributed by atoms with Gasteiger partial charge in [-0.15, -0.1) is 0 Å². The molecule has 1 rings (SSSR count). The minimum atomic E-state index is -3.54. The van der Waals surface area contributed by atoms with Gasteiger partial charge in [-0.25, -0.2) is 8.42 Å². The summed E-state index contributed by atoms with van der Waals surface area (Å²) in [5.74, 6) is -0.195. The fourth-order valence-electron chi connectivity index (χ4n) is 1.26. The van der Waals surface area contributed by atoms with Crippen LogP contribution in [0, 0.1) is 11.3 Å². The highest BCUT2D eigenvalue weighted by molar-refractivity contribution is 7.92. The number of rotatable bonds is 4. The molecule has 0 fully saturated rings. The Bertz CT molecular complexity index is 501. The molecule has 5 heteroatoms. The maximum atomic E-state index is 11.3. The van der Waals surface area contributed by atoms with E-state index in [9.17, 15) is 8.42 Å². The number of sulfonamides is 1. The Hall–Kier alpha value is -1.54. The fourth-order valence-corrected chi connectivity index (χ4v) is 1.99. The number of hydrogen-bond donors (Lipinski definition) is 1. The quantitative estimate of drug-likeness (QED) is 0.873. The van der Waals surface area contributed by atoms with Gasteiger partial charge in [-0.05, 0) is 23.6 Å². The van der Waals surface area contributed by atoms with Crippen LogP contribution in [0.2, 0.25) is 0 Å². The van der Waals surface area contributed by atoms with Crippen molar-refractivity contribution in [3.8, 4) is 6.07 Å². The summed E-state index contributed by atoms with van der Waals surface area (Å²) in [4.78, 5) is 0. The molecule has 4 nitrogen and oxygen atoms in total. The van der Waals surface area contributed by atoms with Crippen molar-refractivity contribution >= 4 is 15.7 Å². The molecule has 1 aromatic carbocycles. The van der Waals surface area contributed by atoms with E-state index in [0.717, 1.165) is 5.56 Å². The predicted octanol–water partition coefficient (Wildman–Crippen LogP) is 2.08. The average molecular weight is 238 g/mol. The molecule has 86 valence electrons. The van der Waals surface area contributed by atoms with Gasteiger partial charge < -0.3 is 0 Å². The Morgan fingerprint density at radius 2 is 2.12 bits per heavy atom. The first-order valence-corrected chi connectivity index (χ1v) is 6.57. The van der Waals surface area contributed by atoms with Crippen molar-refractivity contribution < 1.29 is 8.42 Å². The van der Waals surface area contributed by atoms with Gasteiger partial charge in [0.2, 0.25) is 10.0 Å². The zero-order valence-electron chi connectivity index (χ0n) is 9.27. The molecule has 0 unspecified atom stereocenters. The lowest BCUT2D eigenvalue weighted by molar-refractivity contribution is 0.604. The zero-order chi connectivity index (χ0) is 12.2. The standard InChI is InChI=1S/C11H14N2O2S/c1-9(2)10-4-3-5-11(8-10)13-16(14,15)7-6-12/h3-5,8-9,13H,7H2,1-2H3. The summed E-state index contributed by atoms with van der Waals surface area (Å²) >= 11 is 0. The molecule has 0 aliphatic carbocycles. The summed E-state index contributed by atoms with van der Waals surface area (Å²) in [7, 11) is -3.54. The van der Waals surface area contributed by atoms with Crippen molar-refractivity contribution in [2.24, 2.45) is 0 Å². The van der Waals surface area contributed by atoms with Gasteiger partial charge in [-0.1, -0.05) is 26.0 Å². The molecule has 0 saturated carbocycles. The summed E-state index contributed by atoms with van der Waals surface area (Å²) < 4.78 is 25.1. The molecule has 0 heterocycles. The third-order valence-electron chi connectivity index (χ3n) is 2.08. The monoisotopic (exact) mass is 238 g/mol. The van der Waals surface area contributed by atoms with Crippen LogP contribution < -0.4 is 4.72 Å². The fraction of sp³-hybridized carbons (Fsp3) is 0.364. The molecule has 0 aliphatic heterocycles. The van der Waals surface area contributed by atoms with E-state index in [1.54, 1.807) is 24.3 Å². The van der Waals surface area contributed by atoms with Gasteiger partial charge in [0.05, 0.1) is 6.07 Å². The first-order chi connectivity index (χ1) is 7.44. The molecule has 0 amide bonds. The van der Waals surface area contributed by atoms with Crippen molar-refractivity contribution in [3.05, 3.63) is 29.8 Å². The van der Waals surface area contributed by atoms with Crippen LogP contribution in [0.3, 0.4) is 0 Å². The van der Waals surface area contributed by atoms with Gasteiger partial charge in [-0.2, -0.15) is 5.26 Å². The Kier molecular flexibility index (Phi) is 3.91. The smallest absolute Gasteiger partial charge is 0.246 e. The minimum Gasteiger partial charge on any atom is -0.283 e. The van der Waals surface area contributed by atoms with E-state index < -0.39 is 15.8 Å². The predicted molar refractivity (Wildman–Crippen MR) is 63.6 cm³/mol. The van der Waals surface area contributed by atoms with Crippen LogP contribution in [-0.2, 0) is 10.0 Å². The second-order valence-electron chi connectivity index (χ2n) is 3.80. The van der Waals surface area contributed by atoms with Crippen LogP contribution >= 0.6 is 0 Å². The summed E-state index contributed by atoms with van der Waals surface area (Å²) in [5.41, 5.74) is 1.55. The Balaban J connectivity index is 2.91. The molecule has 1 N–H and O–H groups in total. The van der Waals surface area contributed by atoms with Crippen molar-refractivity contribution in [2.75, 3.05) is 10.5 Å². The number of anilines is 1. The van der Waals surface area contributed by atoms with Gasteiger partial charge >= 0.3 is 0 Å². The summed E-state index contributed by atoms with van der Waals surface area (Å²) in [6.07, 6.45) is 0. The van der Waals surface area contributed by atoms with Crippen LogP contribution in [0.1, 0.15) is 25.3 Å². The molecule has 0 aliphatic rings.